The second kappa shape index (κ2) is 6.54. The zero-order valence-corrected chi connectivity index (χ0v) is 14.5. The van der Waals surface area contributed by atoms with Gasteiger partial charge in [0, 0.05) is 13.1 Å². The summed E-state index contributed by atoms with van der Waals surface area (Å²) in [5.41, 5.74) is -0.118. The Balaban J connectivity index is 1.60. The highest BCUT2D eigenvalue weighted by atomic mass is 16.4. The lowest BCUT2D eigenvalue weighted by Crippen LogP contribution is -2.53. The average Bonchev–Trinajstić information content (AvgIpc) is 3.02. The highest BCUT2D eigenvalue weighted by Crippen LogP contribution is 2.59. The first-order valence-corrected chi connectivity index (χ1v) is 8.70. The van der Waals surface area contributed by atoms with E-state index in [0.29, 0.717) is 32.4 Å². The molecule has 136 valence electrons. The molecule has 1 saturated carbocycles. The van der Waals surface area contributed by atoms with Gasteiger partial charge >= 0.3 is 5.97 Å². The van der Waals surface area contributed by atoms with Crippen LogP contribution in [0.3, 0.4) is 0 Å². The molecule has 2 heterocycles. The zero-order chi connectivity index (χ0) is 18.2. The maximum atomic E-state index is 12.9. The maximum absolute atomic E-state index is 12.9. The predicted octanol–water partition coefficient (Wildman–Crippen LogP) is 1.75. The van der Waals surface area contributed by atoms with Crippen molar-refractivity contribution in [3.8, 4) is 0 Å². The molecule has 25 heavy (non-hydrogen) atoms. The van der Waals surface area contributed by atoms with E-state index in [2.05, 4.69) is 5.32 Å². The smallest absolute Gasteiger partial charge is 0.307 e. The fourth-order valence-electron chi connectivity index (χ4n) is 3.75. The van der Waals surface area contributed by atoms with E-state index in [-0.39, 0.29) is 28.9 Å². The largest absolute Gasteiger partial charge is 0.481 e. The van der Waals surface area contributed by atoms with Crippen LogP contribution in [0, 0.1) is 17.3 Å². The number of carboxylic acid groups (broad SMARTS) is 1. The molecule has 1 aromatic rings. The number of rotatable bonds is 5. The number of hydrogen-bond donors (Lipinski definition) is 2. The van der Waals surface area contributed by atoms with Crippen LogP contribution in [-0.2, 0) is 9.59 Å². The highest BCUT2D eigenvalue weighted by Gasteiger charge is 2.59. The van der Waals surface area contributed by atoms with Crippen molar-refractivity contribution in [3.05, 3.63) is 24.2 Å². The first-order valence-electron chi connectivity index (χ1n) is 8.70. The summed E-state index contributed by atoms with van der Waals surface area (Å²) in [7, 11) is 0. The van der Waals surface area contributed by atoms with Gasteiger partial charge in [-0.25, -0.2) is 0 Å². The number of furan rings is 1. The van der Waals surface area contributed by atoms with Gasteiger partial charge in [-0.2, -0.15) is 0 Å². The van der Waals surface area contributed by atoms with Gasteiger partial charge in [0.25, 0.3) is 5.91 Å². The van der Waals surface area contributed by atoms with E-state index in [1.807, 2.05) is 13.8 Å². The molecule has 1 spiro atoms. The molecule has 2 aliphatic rings. The van der Waals surface area contributed by atoms with E-state index >= 15 is 0 Å². The SMILES string of the molecule is CC(C)C(NC(=O)c1ccco1)C(=O)N1CCC2(CC1)CC2C(=O)O. The minimum absolute atomic E-state index is 0.0602. The summed E-state index contributed by atoms with van der Waals surface area (Å²) in [6.45, 7) is 4.86. The van der Waals surface area contributed by atoms with Crippen LogP contribution in [0.2, 0.25) is 0 Å². The minimum atomic E-state index is -0.731. The van der Waals surface area contributed by atoms with Crippen LogP contribution >= 0.6 is 0 Å². The molecule has 1 aliphatic carbocycles. The first-order chi connectivity index (χ1) is 11.8. The molecule has 3 rings (SSSR count). The number of nitrogens with one attached hydrogen (secondary N) is 1. The van der Waals surface area contributed by atoms with Gasteiger partial charge in [-0.05, 0) is 42.7 Å². The van der Waals surface area contributed by atoms with Gasteiger partial charge in [0.2, 0.25) is 5.91 Å². The predicted molar refractivity (Wildman–Crippen MR) is 88.8 cm³/mol. The van der Waals surface area contributed by atoms with Crippen LogP contribution < -0.4 is 5.32 Å². The lowest BCUT2D eigenvalue weighted by molar-refractivity contribution is -0.140. The Kier molecular flexibility index (Phi) is 4.58. The Morgan fingerprint density at radius 1 is 1.32 bits per heavy atom. The molecule has 0 aromatic carbocycles. The number of aliphatic carboxylic acids is 1. The highest BCUT2D eigenvalue weighted by molar-refractivity contribution is 5.95. The van der Waals surface area contributed by atoms with Crippen molar-refractivity contribution in [1.82, 2.24) is 10.2 Å². The maximum Gasteiger partial charge on any atom is 0.307 e. The van der Waals surface area contributed by atoms with Crippen molar-refractivity contribution < 1.29 is 23.9 Å². The summed E-state index contributed by atoms with van der Waals surface area (Å²) in [6, 6.07) is 2.56. The molecule has 0 bridgehead atoms. The van der Waals surface area contributed by atoms with Crippen molar-refractivity contribution in [1.29, 1.82) is 0 Å². The summed E-state index contributed by atoms with van der Waals surface area (Å²) in [5.74, 6) is -1.39. The lowest BCUT2D eigenvalue weighted by atomic mass is 9.90. The normalized spacial score (nSPS) is 22.7. The number of amides is 2. The number of likely N-dealkylation sites (tertiary alicyclic amines) is 1. The summed E-state index contributed by atoms with van der Waals surface area (Å²) in [5, 5.41) is 11.9. The second-order valence-electron chi connectivity index (χ2n) is 7.46. The molecule has 2 fully saturated rings. The molecule has 2 N–H and O–H groups in total. The van der Waals surface area contributed by atoms with Crippen molar-refractivity contribution >= 4 is 17.8 Å². The standard InChI is InChI=1S/C18H24N2O5/c1-11(2)14(19-15(21)13-4-3-9-25-13)16(22)20-7-5-18(6-8-20)10-12(18)17(23)24/h3-4,9,11-12,14H,5-8,10H2,1-2H3,(H,19,21)(H,23,24). The third kappa shape index (κ3) is 3.41. The van der Waals surface area contributed by atoms with Crippen LogP contribution in [0.25, 0.3) is 0 Å². The van der Waals surface area contributed by atoms with Crippen LogP contribution in [0.15, 0.2) is 22.8 Å². The molecule has 7 heteroatoms. The molecule has 1 aliphatic heterocycles. The molecule has 2 amide bonds. The Labute approximate surface area is 146 Å². The Bertz CT molecular complexity index is 659. The van der Waals surface area contributed by atoms with Gasteiger partial charge in [0.15, 0.2) is 5.76 Å². The van der Waals surface area contributed by atoms with Gasteiger partial charge in [-0.15, -0.1) is 0 Å². The molecule has 1 saturated heterocycles. The summed E-state index contributed by atoms with van der Waals surface area (Å²) in [6.07, 6.45) is 3.56. The molecule has 2 atom stereocenters. The van der Waals surface area contributed by atoms with Gasteiger partial charge < -0.3 is 19.7 Å². The molecule has 2 unspecified atom stereocenters. The quantitative estimate of drug-likeness (QED) is 0.844. The molecule has 7 nitrogen and oxygen atoms in total. The molecule has 1 aromatic heterocycles. The first kappa shape index (κ1) is 17.5. The average molecular weight is 348 g/mol. The number of hydrogen-bond acceptors (Lipinski definition) is 4. The van der Waals surface area contributed by atoms with E-state index in [1.165, 1.54) is 6.26 Å². The third-order valence-corrected chi connectivity index (χ3v) is 5.52. The monoisotopic (exact) mass is 348 g/mol. The second-order valence-corrected chi connectivity index (χ2v) is 7.46. The van der Waals surface area contributed by atoms with E-state index < -0.39 is 17.9 Å². The van der Waals surface area contributed by atoms with E-state index in [4.69, 9.17) is 9.52 Å². The van der Waals surface area contributed by atoms with Crippen LogP contribution in [0.5, 0.6) is 0 Å². The number of carbonyl (C=O) groups is 3. The van der Waals surface area contributed by atoms with E-state index in [9.17, 15) is 14.4 Å². The van der Waals surface area contributed by atoms with Crippen LogP contribution in [-0.4, -0.2) is 46.9 Å². The Hall–Kier alpha value is -2.31. The number of carbonyl (C=O) groups excluding carboxylic acids is 2. The van der Waals surface area contributed by atoms with Crippen molar-refractivity contribution in [2.45, 2.75) is 39.2 Å². The van der Waals surface area contributed by atoms with E-state index in [0.717, 1.165) is 0 Å². The third-order valence-electron chi connectivity index (χ3n) is 5.52. The minimum Gasteiger partial charge on any atom is -0.481 e. The topological polar surface area (TPSA) is 99.9 Å². The van der Waals surface area contributed by atoms with Gasteiger partial charge in [-0.1, -0.05) is 13.8 Å². The Morgan fingerprint density at radius 3 is 2.48 bits per heavy atom. The number of nitrogens with zero attached hydrogens (tertiary/aromatic N) is 1. The van der Waals surface area contributed by atoms with E-state index in [1.54, 1.807) is 17.0 Å². The van der Waals surface area contributed by atoms with Gasteiger partial charge in [-0.3, -0.25) is 14.4 Å². The van der Waals surface area contributed by atoms with Crippen molar-refractivity contribution in [3.63, 3.8) is 0 Å². The fraction of sp³-hybridized carbons (Fsp3) is 0.611. The van der Waals surface area contributed by atoms with Gasteiger partial charge in [0.1, 0.15) is 6.04 Å². The van der Waals surface area contributed by atoms with Crippen molar-refractivity contribution in [2.75, 3.05) is 13.1 Å². The number of carboxylic acids is 1. The summed E-state index contributed by atoms with van der Waals surface area (Å²) < 4.78 is 5.08. The molecule has 0 radical (unpaired) electrons. The summed E-state index contributed by atoms with van der Waals surface area (Å²) in [4.78, 5) is 37.9. The Morgan fingerprint density at radius 2 is 2.00 bits per heavy atom. The van der Waals surface area contributed by atoms with Gasteiger partial charge in [0.05, 0.1) is 12.2 Å². The summed E-state index contributed by atoms with van der Waals surface area (Å²) >= 11 is 0. The fourth-order valence-corrected chi connectivity index (χ4v) is 3.75. The lowest BCUT2D eigenvalue weighted by Gasteiger charge is -2.35. The number of piperidine rings is 1. The van der Waals surface area contributed by atoms with Crippen molar-refractivity contribution in [2.24, 2.45) is 17.3 Å². The van der Waals surface area contributed by atoms with Crippen LogP contribution in [0.1, 0.15) is 43.7 Å². The molecular weight excluding hydrogens is 324 g/mol. The van der Waals surface area contributed by atoms with Crippen LogP contribution in [0.4, 0.5) is 0 Å². The molecular formula is C18H24N2O5. The zero-order valence-electron chi connectivity index (χ0n) is 14.5.